The zero-order chi connectivity index (χ0) is 23.7. The maximum absolute atomic E-state index is 12.0. The number of aryl methyl sites for hydroxylation is 1. The standard InChI is InChI=1S/C26H22N4O2S2/c1-2-4-21-15-20(13-14-28-21)26-30-23(16-33-26)18-9-7-17(8-10-18)22-12-11-19-5-3-6-24(25(19)29-22)34(27,31)32/h3,5-16H,2,4H2,1H3,(H2,27,31,32). The summed E-state index contributed by atoms with van der Waals surface area (Å²) in [4.78, 5) is 13.9. The summed E-state index contributed by atoms with van der Waals surface area (Å²) in [6.07, 6.45) is 3.85. The van der Waals surface area contributed by atoms with Gasteiger partial charge in [0.25, 0.3) is 0 Å². The number of nitrogens with zero attached hydrogens (tertiary/aromatic N) is 3. The van der Waals surface area contributed by atoms with E-state index in [1.807, 2.05) is 54.7 Å². The number of fused-ring (bicyclic) bond motifs is 1. The number of thiazole rings is 1. The van der Waals surface area contributed by atoms with Crippen LogP contribution in [0.4, 0.5) is 0 Å². The van der Waals surface area contributed by atoms with Gasteiger partial charge in [0.05, 0.1) is 16.9 Å². The summed E-state index contributed by atoms with van der Waals surface area (Å²) in [7, 11) is -3.87. The van der Waals surface area contributed by atoms with E-state index in [-0.39, 0.29) is 4.90 Å². The van der Waals surface area contributed by atoms with Gasteiger partial charge in [0.15, 0.2) is 0 Å². The number of primary sulfonamides is 1. The number of aromatic nitrogens is 3. The molecule has 0 spiro atoms. The molecule has 0 bridgehead atoms. The number of pyridine rings is 2. The van der Waals surface area contributed by atoms with E-state index in [9.17, 15) is 8.42 Å². The largest absolute Gasteiger partial charge is 0.261 e. The minimum absolute atomic E-state index is 0.0247. The second kappa shape index (κ2) is 9.06. The molecule has 0 unspecified atom stereocenters. The van der Waals surface area contributed by atoms with Crippen LogP contribution in [0.1, 0.15) is 19.0 Å². The molecule has 3 heterocycles. The third kappa shape index (κ3) is 4.48. The molecule has 0 radical (unpaired) electrons. The number of benzene rings is 2. The van der Waals surface area contributed by atoms with E-state index in [1.54, 1.807) is 17.4 Å². The number of hydrogen-bond donors (Lipinski definition) is 1. The fourth-order valence-corrected chi connectivity index (χ4v) is 5.39. The van der Waals surface area contributed by atoms with E-state index < -0.39 is 10.0 Å². The SMILES string of the molecule is CCCc1cc(-c2nc(-c3ccc(-c4ccc5cccc(S(N)(=O)=O)c5n4)cc3)cs2)ccn1. The molecule has 0 saturated heterocycles. The van der Waals surface area contributed by atoms with Crippen molar-refractivity contribution in [1.82, 2.24) is 15.0 Å². The van der Waals surface area contributed by atoms with Crippen LogP contribution in [0, 0.1) is 0 Å². The summed E-state index contributed by atoms with van der Waals surface area (Å²) in [6.45, 7) is 2.14. The Morgan fingerprint density at radius 1 is 0.882 bits per heavy atom. The van der Waals surface area contributed by atoms with Crippen LogP contribution in [-0.4, -0.2) is 23.4 Å². The minimum Gasteiger partial charge on any atom is -0.261 e. The van der Waals surface area contributed by atoms with E-state index in [0.717, 1.165) is 51.3 Å². The number of rotatable bonds is 6. The Morgan fingerprint density at radius 3 is 2.38 bits per heavy atom. The van der Waals surface area contributed by atoms with Crippen molar-refractivity contribution in [2.45, 2.75) is 24.7 Å². The Kier molecular flexibility index (Phi) is 5.95. The van der Waals surface area contributed by atoms with Gasteiger partial charge in [0.2, 0.25) is 10.0 Å². The number of hydrogen-bond acceptors (Lipinski definition) is 6. The fraction of sp³-hybridized carbons (Fsp3) is 0.115. The third-order valence-electron chi connectivity index (χ3n) is 5.54. The molecule has 5 aromatic rings. The Labute approximate surface area is 202 Å². The molecular weight excluding hydrogens is 464 g/mol. The third-order valence-corrected chi connectivity index (χ3v) is 7.37. The van der Waals surface area contributed by atoms with Gasteiger partial charge in [-0.1, -0.05) is 55.8 Å². The lowest BCUT2D eigenvalue weighted by molar-refractivity contribution is 0.598. The number of nitrogens with two attached hydrogens (primary N) is 1. The number of para-hydroxylation sites is 1. The Morgan fingerprint density at radius 2 is 1.65 bits per heavy atom. The van der Waals surface area contributed by atoms with Crippen LogP contribution in [0.25, 0.3) is 44.0 Å². The zero-order valence-corrected chi connectivity index (χ0v) is 20.1. The van der Waals surface area contributed by atoms with Gasteiger partial charge in [-0.15, -0.1) is 11.3 Å². The van der Waals surface area contributed by atoms with E-state index in [2.05, 4.69) is 28.3 Å². The van der Waals surface area contributed by atoms with E-state index in [1.165, 1.54) is 6.07 Å². The molecule has 3 aromatic heterocycles. The van der Waals surface area contributed by atoms with Crippen LogP contribution in [0.5, 0.6) is 0 Å². The van der Waals surface area contributed by atoms with Crippen LogP contribution in [0.2, 0.25) is 0 Å². The first-order valence-electron chi connectivity index (χ1n) is 10.9. The normalized spacial score (nSPS) is 11.7. The molecular formula is C26H22N4O2S2. The summed E-state index contributed by atoms with van der Waals surface area (Å²) in [5, 5.41) is 9.12. The van der Waals surface area contributed by atoms with Gasteiger partial charge in [0.1, 0.15) is 9.90 Å². The molecule has 6 nitrogen and oxygen atoms in total. The highest BCUT2D eigenvalue weighted by atomic mass is 32.2. The molecule has 0 aliphatic carbocycles. The molecule has 0 amide bonds. The van der Waals surface area contributed by atoms with Gasteiger partial charge in [-0.3, -0.25) is 4.98 Å². The highest BCUT2D eigenvalue weighted by Gasteiger charge is 2.14. The molecule has 0 aliphatic heterocycles. The van der Waals surface area contributed by atoms with Crippen LogP contribution < -0.4 is 5.14 Å². The van der Waals surface area contributed by atoms with Crippen molar-refractivity contribution < 1.29 is 8.42 Å². The molecule has 0 fully saturated rings. The molecule has 8 heteroatoms. The monoisotopic (exact) mass is 486 g/mol. The highest BCUT2D eigenvalue weighted by molar-refractivity contribution is 7.89. The van der Waals surface area contributed by atoms with Crippen molar-refractivity contribution in [2.75, 3.05) is 0 Å². The van der Waals surface area contributed by atoms with Gasteiger partial charge in [0, 0.05) is 39.3 Å². The average molecular weight is 487 g/mol. The minimum atomic E-state index is -3.87. The first kappa shape index (κ1) is 22.3. The second-order valence-electron chi connectivity index (χ2n) is 7.97. The summed E-state index contributed by atoms with van der Waals surface area (Å²) in [5.74, 6) is 0. The summed E-state index contributed by atoms with van der Waals surface area (Å²) in [6, 6.07) is 20.7. The van der Waals surface area contributed by atoms with Crippen LogP contribution in [-0.2, 0) is 16.4 Å². The molecule has 2 N–H and O–H groups in total. The molecule has 2 aromatic carbocycles. The van der Waals surface area contributed by atoms with Gasteiger partial charge >= 0.3 is 0 Å². The second-order valence-corrected chi connectivity index (χ2v) is 10.4. The lowest BCUT2D eigenvalue weighted by atomic mass is 10.1. The lowest BCUT2D eigenvalue weighted by Gasteiger charge is -2.07. The summed E-state index contributed by atoms with van der Waals surface area (Å²) >= 11 is 1.61. The predicted octanol–water partition coefficient (Wildman–Crippen LogP) is 5.69. The quantitative estimate of drug-likeness (QED) is 0.332. The Bertz CT molecular complexity index is 1590. The first-order valence-corrected chi connectivity index (χ1v) is 13.3. The molecule has 0 aliphatic rings. The fourth-order valence-electron chi connectivity index (χ4n) is 3.86. The predicted molar refractivity (Wildman–Crippen MR) is 137 cm³/mol. The smallest absolute Gasteiger partial charge is 0.240 e. The molecule has 170 valence electrons. The molecule has 0 atom stereocenters. The summed E-state index contributed by atoms with van der Waals surface area (Å²) in [5.41, 5.74) is 5.99. The van der Waals surface area contributed by atoms with Gasteiger partial charge < -0.3 is 0 Å². The molecule has 5 rings (SSSR count). The van der Waals surface area contributed by atoms with Crippen LogP contribution in [0.3, 0.4) is 0 Å². The van der Waals surface area contributed by atoms with Crippen molar-refractivity contribution in [3.63, 3.8) is 0 Å². The van der Waals surface area contributed by atoms with Crippen LogP contribution >= 0.6 is 11.3 Å². The lowest BCUT2D eigenvalue weighted by Crippen LogP contribution is -2.13. The van der Waals surface area contributed by atoms with Gasteiger partial charge in [-0.05, 0) is 30.7 Å². The Hall–Kier alpha value is -3.46. The van der Waals surface area contributed by atoms with Crippen molar-refractivity contribution in [3.05, 3.63) is 84.0 Å². The van der Waals surface area contributed by atoms with Crippen molar-refractivity contribution in [2.24, 2.45) is 5.14 Å². The zero-order valence-electron chi connectivity index (χ0n) is 18.5. The molecule has 0 saturated carbocycles. The maximum Gasteiger partial charge on any atom is 0.240 e. The van der Waals surface area contributed by atoms with Crippen molar-refractivity contribution in [3.8, 4) is 33.1 Å². The van der Waals surface area contributed by atoms with Gasteiger partial charge in [-0.2, -0.15) is 0 Å². The van der Waals surface area contributed by atoms with E-state index in [0.29, 0.717) is 11.2 Å². The van der Waals surface area contributed by atoms with Crippen LogP contribution in [0.15, 0.2) is 83.2 Å². The Balaban J connectivity index is 1.45. The molecule has 34 heavy (non-hydrogen) atoms. The highest BCUT2D eigenvalue weighted by Crippen LogP contribution is 2.31. The first-order chi connectivity index (χ1) is 16.4. The topological polar surface area (TPSA) is 98.8 Å². The maximum atomic E-state index is 12.0. The average Bonchev–Trinajstić information content (AvgIpc) is 3.34. The van der Waals surface area contributed by atoms with Crippen molar-refractivity contribution >= 4 is 32.3 Å². The van der Waals surface area contributed by atoms with Gasteiger partial charge in [-0.25, -0.2) is 23.5 Å². The van der Waals surface area contributed by atoms with E-state index >= 15 is 0 Å². The summed E-state index contributed by atoms with van der Waals surface area (Å²) < 4.78 is 24.0. The number of sulfonamides is 1. The van der Waals surface area contributed by atoms with E-state index in [4.69, 9.17) is 10.1 Å². The van der Waals surface area contributed by atoms with Crippen molar-refractivity contribution in [1.29, 1.82) is 0 Å².